The highest BCUT2D eigenvalue weighted by Gasteiger charge is 2.25. The number of carbonyl (C=O) groups excluding carboxylic acids is 1. The number of anilines is 2. The second-order valence-electron chi connectivity index (χ2n) is 6.07. The summed E-state index contributed by atoms with van der Waals surface area (Å²) in [4.78, 5) is 26.2. The lowest BCUT2D eigenvalue weighted by Crippen LogP contribution is -2.26. The van der Waals surface area contributed by atoms with Gasteiger partial charge in [0.25, 0.3) is 5.91 Å². The molecule has 3 aromatic heterocycles. The Kier molecular flexibility index (Phi) is 4.14. The fourth-order valence-corrected chi connectivity index (χ4v) is 3.70. The number of halogens is 1. The molecule has 25 heavy (non-hydrogen) atoms. The number of H-pyrrole nitrogens is 1. The van der Waals surface area contributed by atoms with Crippen molar-refractivity contribution in [1.82, 2.24) is 15.0 Å². The average molecular weight is 401 g/mol. The second-order valence-corrected chi connectivity index (χ2v) is 6.93. The number of hydrogen-bond donors (Lipinski definition) is 3. The van der Waals surface area contributed by atoms with E-state index in [1.165, 1.54) is 0 Å². The predicted octanol–water partition coefficient (Wildman–Crippen LogP) is 2.51. The number of rotatable bonds is 3. The molecule has 0 bridgehead atoms. The molecule has 0 radical (unpaired) electrons. The maximum absolute atomic E-state index is 12.5. The van der Waals surface area contributed by atoms with E-state index in [9.17, 15) is 4.79 Å². The lowest BCUT2D eigenvalue weighted by molar-refractivity contribution is 0.102. The standard InChI is InChI=1S/C17H17BrN6O/c18-12-7-21-16-14(15(12)24-5-3-11(19)9-24)13(8-22-16)23-17(25)10-2-1-4-20-6-10/h1-2,4,6-8,11H,3,5,9,19H2,(H,21,22)(H,23,25). The summed E-state index contributed by atoms with van der Waals surface area (Å²) >= 11 is 3.60. The highest BCUT2D eigenvalue weighted by Crippen LogP contribution is 2.39. The molecule has 0 saturated carbocycles. The smallest absolute Gasteiger partial charge is 0.257 e. The van der Waals surface area contributed by atoms with Gasteiger partial charge >= 0.3 is 0 Å². The molecule has 1 atom stereocenters. The minimum absolute atomic E-state index is 0.155. The van der Waals surface area contributed by atoms with Gasteiger partial charge in [-0.1, -0.05) is 0 Å². The maximum atomic E-state index is 12.5. The van der Waals surface area contributed by atoms with Gasteiger partial charge in [0.05, 0.1) is 26.8 Å². The number of pyridine rings is 2. The van der Waals surface area contributed by atoms with Gasteiger partial charge in [-0.05, 0) is 34.5 Å². The van der Waals surface area contributed by atoms with E-state index in [0.717, 1.165) is 40.7 Å². The molecule has 4 N–H and O–H groups in total. The Morgan fingerprint density at radius 1 is 1.44 bits per heavy atom. The molecule has 1 unspecified atom stereocenters. The molecule has 7 nitrogen and oxygen atoms in total. The number of nitrogens with zero attached hydrogens (tertiary/aromatic N) is 3. The van der Waals surface area contributed by atoms with E-state index in [1.807, 2.05) is 0 Å². The number of hydrogen-bond acceptors (Lipinski definition) is 5. The first kappa shape index (κ1) is 16.0. The van der Waals surface area contributed by atoms with Gasteiger partial charge in [0.1, 0.15) is 5.65 Å². The minimum atomic E-state index is -0.210. The number of aromatic nitrogens is 3. The number of aromatic amines is 1. The van der Waals surface area contributed by atoms with E-state index in [4.69, 9.17) is 5.73 Å². The lowest BCUT2D eigenvalue weighted by atomic mass is 10.2. The van der Waals surface area contributed by atoms with Gasteiger partial charge < -0.3 is 20.9 Å². The summed E-state index contributed by atoms with van der Waals surface area (Å²) in [5.41, 5.74) is 8.98. The first-order valence-corrected chi connectivity index (χ1v) is 8.80. The molecule has 128 valence electrons. The molecule has 1 fully saturated rings. The van der Waals surface area contributed by atoms with Crippen molar-refractivity contribution >= 4 is 44.2 Å². The largest absolute Gasteiger partial charge is 0.368 e. The van der Waals surface area contributed by atoms with Crippen molar-refractivity contribution in [3.8, 4) is 0 Å². The Morgan fingerprint density at radius 2 is 2.32 bits per heavy atom. The Morgan fingerprint density at radius 3 is 3.04 bits per heavy atom. The van der Waals surface area contributed by atoms with E-state index in [1.54, 1.807) is 36.9 Å². The van der Waals surface area contributed by atoms with Crippen LogP contribution in [-0.2, 0) is 0 Å². The minimum Gasteiger partial charge on any atom is -0.368 e. The zero-order valence-corrected chi connectivity index (χ0v) is 15.0. The van der Waals surface area contributed by atoms with Crippen molar-refractivity contribution < 1.29 is 4.79 Å². The Bertz CT molecular complexity index is 926. The summed E-state index contributed by atoms with van der Waals surface area (Å²) in [6.07, 6.45) is 7.65. The van der Waals surface area contributed by atoms with Crippen molar-refractivity contribution in [1.29, 1.82) is 0 Å². The van der Waals surface area contributed by atoms with Gasteiger partial charge in [-0.2, -0.15) is 0 Å². The van der Waals surface area contributed by atoms with Gasteiger partial charge in [0, 0.05) is 43.9 Å². The van der Waals surface area contributed by atoms with Gasteiger partial charge in [-0.25, -0.2) is 4.98 Å². The first-order valence-electron chi connectivity index (χ1n) is 8.01. The van der Waals surface area contributed by atoms with E-state index in [0.29, 0.717) is 11.3 Å². The Labute approximate surface area is 152 Å². The van der Waals surface area contributed by atoms with Gasteiger partial charge in [-0.15, -0.1) is 0 Å². The molecule has 1 aliphatic rings. The highest BCUT2D eigenvalue weighted by molar-refractivity contribution is 9.10. The number of nitrogens with two attached hydrogens (primary N) is 1. The third kappa shape index (κ3) is 2.98. The van der Waals surface area contributed by atoms with Crippen molar-refractivity contribution in [3.63, 3.8) is 0 Å². The van der Waals surface area contributed by atoms with Crippen LogP contribution in [0.2, 0.25) is 0 Å². The molecule has 8 heteroatoms. The van der Waals surface area contributed by atoms with Crippen LogP contribution in [0.25, 0.3) is 11.0 Å². The third-order valence-electron chi connectivity index (χ3n) is 4.34. The summed E-state index contributed by atoms with van der Waals surface area (Å²) in [5.74, 6) is -0.210. The summed E-state index contributed by atoms with van der Waals surface area (Å²) in [7, 11) is 0. The zero-order chi connectivity index (χ0) is 17.4. The molecule has 0 aliphatic carbocycles. The number of carbonyl (C=O) groups is 1. The van der Waals surface area contributed by atoms with E-state index >= 15 is 0 Å². The van der Waals surface area contributed by atoms with E-state index in [-0.39, 0.29) is 11.9 Å². The van der Waals surface area contributed by atoms with Crippen LogP contribution in [0.4, 0.5) is 11.4 Å². The Balaban J connectivity index is 1.75. The van der Waals surface area contributed by atoms with Crippen molar-refractivity contribution in [2.75, 3.05) is 23.3 Å². The second kappa shape index (κ2) is 6.45. The van der Waals surface area contributed by atoms with Gasteiger partial charge in [0.15, 0.2) is 0 Å². The average Bonchev–Trinajstić information content (AvgIpc) is 3.22. The molecular weight excluding hydrogens is 384 g/mol. The number of nitrogens with one attached hydrogen (secondary N) is 2. The monoisotopic (exact) mass is 400 g/mol. The SMILES string of the molecule is NC1CCN(c2c(Br)cnc3[nH]cc(NC(=O)c4cccnc4)c23)C1. The van der Waals surface area contributed by atoms with Crippen molar-refractivity contribution in [2.45, 2.75) is 12.5 Å². The van der Waals surface area contributed by atoms with Crippen LogP contribution in [0, 0.1) is 0 Å². The number of amides is 1. The molecule has 1 aliphatic heterocycles. The molecule has 4 heterocycles. The molecule has 0 spiro atoms. The lowest BCUT2D eigenvalue weighted by Gasteiger charge is -2.21. The summed E-state index contributed by atoms with van der Waals surface area (Å²) in [5, 5.41) is 3.83. The molecule has 3 aromatic rings. The quantitative estimate of drug-likeness (QED) is 0.626. The maximum Gasteiger partial charge on any atom is 0.257 e. The first-order chi connectivity index (χ1) is 12.1. The molecule has 1 saturated heterocycles. The number of fused-ring (bicyclic) bond motifs is 1. The topological polar surface area (TPSA) is 99.9 Å². The molecule has 0 aromatic carbocycles. The molecular formula is C17H17BrN6O. The summed E-state index contributed by atoms with van der Waals surface area (Å²) in [6, 6.07) is 3.62. The van der Waals surface area contributed by atoms with E-state index in [2.05, 4.69) is 41.1 Å². The third-order valence-corrected chi connectivity index (χ3v) is 4.92. The van der Waals surface area contributed by atoms with Crippen molar-refractivity contribution in [3.05, 3.63) is 47.0 Å². The van der Waals surface area contributed by atoms with Crippen LogP contribution >= 0.6 is 15.9 Å². The zero-order valence-electron chi connectivity index (χ0n) is 13.4. The van der Waals surface area contributed by atoms with Crippen LogP contribution in [-0.4, -0.2) is 40.0 Å². The van der Waals surface area contributed by atoms with Crippen LogP contribution in [0.15, 0.2) is 41.4 Å². The fourth-order valence-electron chi connectivity index (χ4n) is 3.15. The van der Waals surface area contributed by atoms with Crippen LogP contribution < -0.4 is 16.0 Å². The molecule has 4 rings (SSSR count). The van der Waals surface area contributed by atoms with Crippen molar-refractivity contribution in [2.24, 2.45) is 5.73 Å². The fraction of sp³-hybridized carbons (Fsp3) is 0.235. The predicted molar refractivity (Wildman–Crippen MR) is 101 cm³/mol. The van der Waals surface area contributed by atoms with E-state index < -0.39 is 0 Å². The summed E-state index contributed by atoms with van der Waals surface area (Å²) in [6.45, 7) is 1.65. The van der Waals surface area contributed by atoms with Crippen LogP contribution in [0.1, 0.15) is 16.8 Å². The van der Waals surface area contributed by atoms with Crippen LogP contribution in [0.5, 0.6) is 0 Å². The normalized spacial score (nSPS) is 17.2. The summed E-state index contributed by atoms with van der Waals surface area (Å²) < 4.78 is 0.880. The molecule has 1 amide bonds. The van der Waals surface area contributed by atoms with Gasteiger partial charge in [0.2, 0.25) is 0 Å². The van der Waals surface area contributed by atoms with Gasteiger partial charge in [-0.3, -0.25) is 9.78 Å². The highest BCUT2D eigenvalue weighted by atomic mass is 79.9. The van der Waals surface area contributed by atoms with Crippen LogP contribution in [0.3, 0.4) is 0 Å². The Hall–Kier alpha value is -2.45.